The van der Waals surface area contributed by atoms with Crippen LogP contribution >= 0.6 is 15.9 Å². The zero-order valence-electron chi connectivity index (χ0n) is 14.0. The molecular formula is C18H20BrN3O3. The van der Waals surface area contributed by atoms with Gasteiger partial charge in [-0.25, -0.2) is 5.43 Å². The van der Waals surface area contributed by atoms with E-state index in [0.29, 0.717) is 11.3 Å². The van der Waals surface area contributed by atoms with Crippen LogP contribution in [0.2, 0.25) is 0 Å². The maximum atomic E-state index is 12.1. The number of ether oxygens (including phenoxy) is 1. The van der Waals surface area contributed by atoms with E-state index in [0.717, 1.165) is 43.1 Å². The predicted molar refractivity (Wildman–Crippen MR) is 98.7 cm³/mol. The van der Waals surface area contributed by atoms with Crippen molar-refractivity contribution in [2.75, 3.05) is 26.3 Å². The number of nitrogens with one attached hydrogen (secondary N) is 1. The van der Waals surface area contributed by atoms with Crippen LogP contribution in [0, 0.1) is 6.92 Å². The number of morpholine rings is 1. The highest BCUT2D eigenvalue weighted by molar-refractivity contribution is 9.10. The van der Waals surface area contributed by atoms with E-state index in [4.69, 9.17) is 9.15 Å². The van der Waals surface area contributed by atoms with Crippen molar-refractivity contribution in [1.29, 1.82) is 0 Å². The van der Waals surface area contributed by atoms with Gasteiger partial charge >= 0.3 is 0 Å². The number of furan rings is 1. The second-order valence-electron chi connectivity index (χ2n) is 5.84. The Morgan fingerprint density at radius 2 is 2.04 bits per heavy atom. The zero-order chi connectivity index (χ0) is 17.6. The number of nitrogens with zero attached hydrogens (tertiary/aromatic N) is 2. The van der Waals surface area contributed by atoms with Gasteiger partial charge in [-0.1, -0.05) is 12.1 Å². The van der Waals surface area contributed by atoms with Crippen molar-refractivity contribution in [2.45, 2.75) is 13.5 Å². The second-order valence-corrected chi connectivity index (χ2v) is 6.69. The molecular weight excluding hydrogens is 386 g/mol. The van der Waals surface area contributed by atoms with Crippen LogP contribution in [-0.4, -0.2) is 43.3 Å². The Labute approximate surface area is 155 Å². The predicted octanol–water partition coefficient (Wildman–Crippen LogP) is 2.95. The Morgan fingerprint density at radius 1 is 1.32 bits per heavy atom. The first kappa shape index (κ1) is 17.8. The average molecular weight is 406 g/mol. The Morgan fingerprint density at radius 3 is 2.68 bits per heavy atom. The van der Waals surface area contributed by atoms with Gasteiger partial charge in [-0.15, -0.1) is 0 Å². The lowest BCUT2D eigenvalue weighted by Gasteiger charge is -2.26. The number of aryl methyl sites for hydroxylation is 1. The van der Waals surface area contributed by atoms with E-state index in [9.17, 15) is 4.79 Å². The van der Waals surface area contributed by atoms with Crippen molar-refractivity contribution in [3.8, 4) is 0 Å². The van der Waals surface area contributed by atoms with Crippen LogP contribution in [0.5, 0.6) is 0 Å². The highest BCUT2D eigenvalue weighted by Gasteiger charge is 2.11. The normalized spacial score (nSPS) is 15.6. The Hall–Kier alpha value is -1.96. The number of rotatable bonds is 5. The summed E-state index contributed by atoms with van der Waals surface area (Å²) >= 11 is 3.36. The Kier molecular flexibility index (Phi) is 6.01. The molecule has 1 fully saturated rings. The molecule has 0 radical (unpaired) electrons. The Balaban J connectivity index is 1.53. The molecule has 3 rings (SSSR count). The van der Waals surface area contributed by atoms with Crippen LogP contribution in [0.25, 0.3) is 0 Å². The molecule has 132 valence electrons. The zero-order valence-corrected chi connectivity index (χ0v) is 15.6. The first-order valence-corrected chi connectivity index (χ1v) is 8.89. The van der Waals surface area contributed by atoms with Gasteiger partial charge in [0.05, 0.1) is 23.9 Å². The summed E-state index contributed by atoms with van der Waals surface area (Å²) in [6.07, 6.45) is 1.47. The third-order valence-electron chi connectivity index (χ3n) is 3.96. The first-order valence-electron chi connectivity index (χ1n) is 8.10. The van der Waals surface area contributed by atoms with E-state index in [-0.39, 0.29) is 5.91 Å². The number of halogens is 1. The van der Waals surface area contributed by atoms with Crippen LogP contribution in [0.3, 0.4) is 0 Å². The monoisotopic (exact) mass is 405 g/mol. The third kappa shape index (κ3) is 5.01. The molecule has 0 bridgehead atoms. The van der Waals surface area contributed by atoms with Crippen molar-refractivity contribution in [1.82, 2.24) is 10.3 Å². The van der Waals surface area contributed by atoms with E-state index >= 15 is 0 Å². The van der Waals surface area contributed by atoms with Crippen LogP contribution in [0.1, 0.15) is 27.4 Å². The number of carbonyl (C=O) groups excluding carboxylic acids is 1. The van der Waals surface area contributed by atoms with Gasteiger partial charge in [0.2, 0.25) is 0 Å². The molecule has 25 heavy (non-hydrogen) atoms. The number of hydrogen-bond donors (Lipinski definition) is 1. The molecule has 1 saturated heterocycles. The molecule has 2 aromatic rings. The van der Waals surface area contributed by atoms with Crippen molar-refractivity contribution < 1.29 is 13.9 Å². The SMILES string of the molecule is Cc1oc(C=NNC(=O)c2ccc(CN3CCOCC3)cc2)cc1Br. The molecule has 1 aliphatic rings. The minimum absolute atomic E-state index is 0.253. The molecule has 1 aromatic carbocycles. The van der Waals surface area contributed by atoms with E-state index < -0.39 is 0 Å². The molecule has 0 aliphatic carbocycles. The van der Waals surface area contributed by atoms with Crippen molar-refractivity contribution in [3.63, 3.8) is 0 Å². The smallest absolute Gasteiger partial charge is 0.271 e. The summed E-state index contributed by atoms with van der Waals surface area (Å²) in [5.41, 5.74) is 4.25. The fourth-order valence-electron chi connectivity index (χ4n) is 2.54. The lowest BCUT2D eigenvalue weighted by Crippen LogP contribution is -2.35. The Bertz CT molecular complexity index is 730. The first-order chi connectivity index (χ1) is 12.1. The second kappa shape index (κ2) is 8.42. The fourth-order valence-corrected chi connectivity index (χ4v) is 2.85. The minimum Gasteiger partial charge on any atom is -0.459 e. The standard InChI is InChI=1S/C18H20BrN3O3/c1-13-17(19)10-16(25-13)11-20-21-18(23)15-4-2-14(3-5-15)12-22-6-8-24-9-7-22/h2-5,10-11H,6-9,12H2,1H3,(H,21,23). The molecule has 1 amide bonds. The number of carbonyl (C=O) groups is 1. The summed E-state index contributed by atoms with van der Waals surface area (Å²) in [4.78, 5) is 14.5. The van der Waals surface area contributed by atoms with Crippen LogP contribution in [-0.2, 0) is 11.3 Å². The van der Waals surface area contributed by atoms with Gasteiger partial charge in [0.15, 0.2) is 0 Å². The molecule has 0 spiro atoms. The van der Waals surface area contributed by atoms with Gasteiger partial charge in [-0.3, -0.25) is 9.69 Å². The van der Waals surface area contributed by atoms with Crippen molar-refractivity contribution in [3.05, 3.63) is 57.5 Å². The molecule has 6 nitrogen and oxygen atoms in total. The van der Waals surface area contributed by atoms with E-state index in [1.807, 2.05) is 31.2 Å². The van der Waals surface area contributed by atoms with Crippen LogP contribution < -0.4 is 5.43 Å². The van der Waals surface area contributed by atoms with Gasteiger partial charge in [0.1, 0.15) is 11.5 Å². The summed E-state index contributed by atoms with van der Waals surface area (Å²) in [6.45, 7) is 6.17. The van der Waals surface area contributed by atoms with Gasteiger partial charge in [-0.05, 0) is 40.5 Å². The van der Waals surface area contributed by atoms with Gasteiger partial charge < -0.3 is 9.15 Å². The summed E-state index contributed by atoms with van der Waals surface area (Å²) < 4.78 is 11.6. The highest BCUT2D eigenvalue weighted by Crippen LogP contribution is 2.19. The molecule has 0 saturated carbocycles. The van der Waals surface area contributed by atoms with Crippen LogP contribution in [0.4, 0.5) is 0 Å². The maximum Gasteiger partial charge on any atom is 0.271 e. The summed E-state index contributed by atoms with van der Waals surface area (Å²) in [5.74, 6) is 1.09. The summed E-state index contributed by atoms with van der Waals surface area (Å²) in [5, 5.41) is 3.93. The quantitative estimate of drug-likeness (QED) is 0.613. The number of hydrogen-bond acceptors (Lipinski definition) is 5. The number of hydrazone groups is 1. The average Bonchev–Trinajstić information content (AvgIpc) is 2.94. The summed E-state index contributed by atoms with van der Waals surface area (Å²) in [7, 11) is 0. The minimum atomic E-state index is -0.253. The molecule has 1 N–H and O–H groups in total. The molecule has 2 heterocycles. The molecule has 1 aromatic heterocycles. The van der Waals surface area contributed by atoms with Crippen LogP contribution in [0.15, 0.2) is 44.3 Å². The molecule has 0 unspecified atom stereocenters. The largest absolute Gasteiger partial charge is 0.459 e. The number of amides is 1. The summed E-state index contributed by atoms with van der Waals surface area (Å²) in [6, 6.07) is 9.37. The molecule has 1 aliphatic heterocycles. The van der Waals surface area contributed by atoms with Gasteiger partial charge in [0.25, 0.3) is 5.91 Å². The van der Waals surface area contributed by atoms with E-state index in [1.54, 1.807) is 6.07 Å². The lowest BCUT2D eigenvalue weighted by molar-refractivity contribution is 0.0342. The molecule has 0 atom stereocenters. The van der Waals surface area contributed by atoms with E-state index in [2.05, 4.69) is 31.4 Å². The van der Waals surface area contributed by atoms with E-state index in [1.165, 1.54) is 11.8 Å². The van der Waals surface area contributed by atoms with Crippen molar-refractivity contribution in [2.24, 2.45) is 5.10 Å². The number of benzene rings is 1. The lowest BCUT2D eigenvalue weighted by atomic mass is 10.1. The topological polar surface area (TPSA) is 67.1 Å². The highest BCUT2D eigenvalue weighted by atomic mass is 79.9. The van der Waals surface area contributed by atoms with Gasteiger partial charge in [0, 0.05) is 31.3 Å². The molecule has 7 heteroatoms. The maximum absolute atomic E-state index is 12.1. The fraction of sp³-hybridized carbons (Fsp3) is 0.333. The van der Waals surface area contributed by atoms with Gasteiger partial charge in [-0.2, -0.15) is 5.10 Å². The third-order valence-corrected chi connectivity index (χ3v) is 4.75. The van der Waals surface area contributed by atoms with Crippen molar-refractivity contribution >= 4 is 28.1 Å².